The van der Waals surface area contributed by atoms with Crippen LogP contribution < -0.4 is 9.64 Å². The maximum absolute atomic E-state index is 6.23. The summed E-state index contributed by atoms with van der Waals surface area (Å²) in [7, 11) is 0. The first-order valence-corrected chi connectivity index (χ1v) is 18.6. The number of hydrogen-bond donors (Lipinski definition) is 0. The normalized spacial score (nSPS) is 19.2. The van der Waals surface area contributed by atoms with Crippen LogP contribution in [-0.4, -0.2) is 21.0 Å². The lowest BCUT2D eigenvalue weighted by molar-refractivity contribution is 0.424. The van der Waals surface area contributed by atoms with E-state index in [4.69, 9.17) is 19.7 Å². The first-order valence-electron chi connectivity index (χ1n) is 18.6. The van der Waals surface area contributed by atoms with E-state index in [1.807, 2.05) is 60.7 Å². The van der Waals surface area contributed by atoms with Crippen LogP contribution in [0.25, 0.3) is 44.9 Å². The fourth-order valence-electron chi connectivity index (χ4n) is 8.69. The van der Waals surface area contributed by atoms with Crippen molar-refractivity contribution in [1.29, 1.82) is 0 Å². The number of ether oxygens (including phenoxy) is 1. The highest BCUT2D eigenvalue weighted by atomic mass is 16.5. The van der Waals surface area contributed by atoms with Crippen LogP contribution in [0, 0.1) is 0 Å². The van der Waals surface area contributed by atoms with Crippen molar-refractivity contribution in [2.45, 2.75) is 24.3 Å². The molecule has 6 aromatic carbocycles. The van der Waals surface area contributed by atoms with Crippen LogP contribution in [0.15, 0.2) is 193 Å². The van der Waals surface area contributed by atoms with Gasteiger partial charge in [-0.2, -0.15) is 0 Å². The number of para-hydroxylation sites is 1. The summed E-state index contributed by atoms with van der Waals surface area (Å²) in [4.78, 5) is 17.5. The van der Waals surface area contributed by atoms with Gasteiger partial charge in [-0.1, -0.05) is 146 Å². The third kappa shape index (κ3) is 5.04. The molecule has 0 fully saturated rings. The zero-order valence-electron chi connectivity index (χ0n) is 29.4. The highest BCUT2D eigenvalue weighted by molar-refractivity contribution is 5.95. The van der Waals surface area contributed by atoms with Gasteiger partial charge in [0.1, 0.15) is 11.5 Å². The molecule has 54 heavy (non-hydrogen) atoms. The van der Waals surface area contributed by atoms with E-state index in [-0.39, 0.29) is 17.9 Å². The molecule has 11 rings (SSSR count). The molecule has 5 heteroatoms. The first-order chi connectivity index (χ1) is 26.7. The molecule has 0 radical (unpaired) electrons. The van der Waals surface area contributed by atoms with Gasteiger partial charge in [0.05, 0.1) is 6.04 Å². The Kier molecular flexibility index (Phi) is 7.05. The Balaban J connectivity index is 1.01. The molecule has 0 amide bonds. The zero-order chi connectivity index (χ0) is 35.6. The maximum atomic E-state index is 6.23. The van der Waals surface area contributed by atoms with Crippen LogP contribution in [-0.2, 0) is 0 Å². The van der Waals surface area contributed by atoms with Crippen molar-refractivity contribution >= 4 is 22.1 Å². The zero-order valence-corrected chi connectivity index (χ0v) is 29.4. The van der Waals surface area contributed by atoms with Gasteiger partial charge in [0.2, 0.25) is 0 Å². The smallest absolute Gasteiger partial charge is 0.164 e. The van der Waals surface area contributed by atoms with Crippen molar-refractivity contribution in [2.24, 2.45) is 0 Å². The Morgan fingerprint density at radius 1 is 0.611 bits per heavy atom. The molecule has 3 atom stereocenters. The number of allylic oxidation sites excluding steroid dienone is 6. The largest absolute Gasteiger partial charge is 0.461 e. The minimum atomic E-state index is 0.105. The Bertz CT molecular complexity index is 2690. The molecule has 5 nitrogen and oxygen atoms in total. The highest BCUT2D eigenvalue weighted by Crippen LogP contribution is 2.53. The summed E-state index contributed by atoms with van der Waals surface area (Å²) < 4.78 is 6.23. The number of anilines is 2. The molecule has 3 unspecified atom stereocenters. The van der Waals surface area contributed by atoms with Crippen molar-refractivity contribution in [2.75, 3.05) is 4.90 Å². The molecule has 0 spiro atoms. The van der Waals surface area contributed by atoms with Gasteiger partial charge in [0, 0.05) is 45.5 Å². The summed E-state index contributed by atoms with van der Waals surface area (Å²) in [5.41, 5.74) is 10.5. The van der Waals surface area contributed by atoms with Crippen molar-refractivity contribution in [3.8, 4) is 39.9 Å². The topological polar surface area (TPSA) is 51.1 Å². The summed E-state index contributed by atoms with van der Waals surface area (Å²) in [6.07, 6.45) is 12.6. The van der Waals surface area contributed by atoms with E-state index in [9.17, 15) is 0 Å². The number of rotatable bonds is 5. The number of benzene rings is 6. The minimum absolute atomic E-state index is 0.105. The third-order valence-electron chi connectivity index (χ3n) is 11.2. The second-order valence-corrected chi connectivity index (χ2v) is 14.3. The molecule has 2 aliphatic carbocycles. The summed E-state index contributed by atoms with van der Waals surface area (Å²) in [5, 5.41) is 2.55. The van der Waals surface area contributed by atoms with Gasteiger partial charge in [0.25, 0.3) is 0 Å². The number of aromatic nitrogens is 3. The quantitative estimate of drug-likeness (QED) is 0.179. The second kappa shape index (κ2) is 12.4. The molecule has 1 aromatic heterocycles. The third-order valence-corrected chi connectivity index (χ3v) is 11.2. The predicted molar refractivity (Wildman–Crippen MR) is 217 cm³/mol. The van der Waals surface area contributed by atoms with E-state index in [0.29, 0.717) is 17.5 Å². The maximum Gasteiger partial charge on any atom is 0.164 e. The predicted octanol–water partition coefficient (Wildman–Crippen LogP) is 11.5. The lowest BCUT2D eigenvalue weighted by Crippen LogP contribution is -2.29. The van der Waals surface area contributed by atoms with Gasteiger partial charge in [-0.3, -0.25) is 0 Å². The van der Waals surface area contributed by atoms with Gasteiger partial charge in [0.15, 0.2) is 17.5 Å². The Morgan fingerprint density at radius 3 is 2.09 bits per heavy atom. The van der Waals surface area contributed by atoms with Crippen molar-refractivity contribution in [3.63, 3.8) is 0 Å². The average molecular weight is 695 g/mol. The Hall–Kier alpha value is -6.85. The van der Waals surface area contributed by atoms with E-state index in [2.05, 4.69) is 120 Å². The molecule has 0 N–H and O–H groups in total. The van der Waals surface area contributed by atoms with Crippen LogP contribution in [0.3, 0.4) is 0 Å². The minimum Gasteiger partial charge on any atom is -0.461 e. The molecular weight excluding hydrogens is 661 g/mol. The molecule has 0 saturated heterocycles. The fourth-order valence-corrected chi connectivity index (χ4v) is 8.69. The van der Waals surface area contributed by atoms with E-state index >= 15 is 0 Å². The van der Waals surface area contributed by atoms with Crippen molar-refractivity contribution < 1.29 is 4.74 Å². The van der Waals surface area contributed by atoms with E-state index in [1.54, 1.807) is 0 Å². The standard InChI is InChI=1S/C49H34N4O/c1-3-13-32(14-4-1)47-50-48(33-15-5-2-6-16-33)52-49(51-47)36-17-11-18-37(28-36)53-42-25-23-34(30-41(42)46-38-19-8-7-12-31(38)22-26-43(46)53)35-24-27-45-40(29-35)39-20-9-10-21-44(39)54-45/h1-28,30,40-42H,29H2. The van der Waals surface area contributed by atoms with Gasteiger partial charge in [-0.25, -0.2) is 15.0 Å². The van der Waals surface area contributed by atoms with Gasteiger partial charge >= 0.3 is 0 Å². The van der Waals surface area contributed by atoms with Gasteiger partial charge < -0.3 is 9.64 Å². The van der Waals surface area contributed by atoms with E-state index in [0.717, 1.165) is 40.3 Å². The first kappa shape index (κ1) is 30.7. The van der Waals surface area contributed by atoms with Crippen LogP contribution in [0.4, 0.5) is 11.4 Å². The van der Waals surface area contributed by atoms with E-state index < -0.39 is 0 Å². The summed E-state index contributed by atoms with van der Waals surface area (Å²) in [6, 6.07) is 50.9. The summed E-state index contributed by atoms with van der Waals surface area (Å²) in [6.45, 7) is 0. The molecule has 3 heterocycles. The number of hydrogen-bond acceptors (Lipinski definition) is 5. The monoisotopic (exact) mass is 694 g/mol. The SMILES string of the molecule is C1=CC2C(C=C1C1=CC=C3Oc4ccccc4C3C1)c1c(ccc3ccccc13)N2c1cccc(-c2nc(-c3ccccc3)nc(-c3ccccc3)n2)c1. The van der Waals surface area contributed by atoms with Gasteiger partial charge in [-0.05, 0) is 64.2 Å². The molecule has 7 aromatic rings. The molecule has 4 aliphatic rings. The lowest BCUT2D eigenvalue weighted by atomic mass is 9.80. The van der Waals surface area contributed by atoms with E-state index in [1.165, 1.54) is 38.7 Å². The molecule has 0 bridgehead atoms. The van der Waals surface area contributed by atoms with Crippen LogP contribution in [0.1, 0.15) is 29.4 Å². The van der Waals surface area contributed by atoms with Crippen molar-refractivity contribution in [1.82, 2.24) is 15.0 Å². The molecular formula is C49H34N4O. The van der Waals surface area contributed by atoms with Gasteiger partial charge in [-0.15, -0.1) is 0 Å². The van der Waals surface area contributed by atoms with Crippen LogP contribution in [0.2, 0.25) is 0 Å². The fraction of sp³-hybridized carbons (Fsp3) is 0.0816. The Labute approximate surface area is 314 Å². The highest BCUT2D eigenvalue weighted by Gasteiger charge is 2.40. The average Bonchev–Trinajstić information content (AvgIpc) is 3.79. The lowest BCUT2D eigenvalue weighted by Gasteiger charge is -2.31. The Morgan fingerprint density at radius 2 is 1.30 bits per heavy atom. The summed E-state index contributed by atoms with van der Waals surface area (Å²) in [5.74, 6) is 4.41. The number of fused-ring (bicyclic) bond motifs is 8. The second-order valence-electron chi connectivity index (χ2n) is 14.3. The summed E-state index contributed by atoms with van der Waals surface area (Å²) >= 11 is 0. The van der Waals surface area contributed by atoms with Crippen LogP contribution >= 0.6 is 0 Å². The molecule has 0 saturated carbocycles. The van der Waals surface area contributed by atoms with Crippen molar-refractivity contribution in [3.05, 3.63) is 204 Å². The number of nitrogens with zero attached hydrogens (tertiary/aromatic N) is 4. The van der Waals surface area contributed by atoms with Crippen LogP contribution in [0.5, 0.6) is 5.75 Å². The molecule has 2 aliphatic heterocycles. The molecule has 256 valence electrons.